The normalized spacial score (nSPS) is 12.4. The van der Waals surface area contributed by atoms with Crippen LogP contribution in [-0.4, -0.2) is 72.9 Å². The lowest BCUT2D eigenvalue weighted by atomic mass is 9.92. The minimum absolute atomic E-state index is 0.00505. The van der Waals surface area contributed by atoms with Crippen molar-refractivity contribution in [3.63, 3.8) is 0 Å². The van der Waals surface area contributed by atoms with Gasteiger partial charge in [-0.2, -0.15) is 57.1 Å². The van der Waals surface area contributed by atoms with Crippen molar-refractivity contribution in [2.45, 2.75) is 126 Å². The topological polar surface area (TPSA) is 124 Å². The van der Waals surface area contributed by atoms with E-state index in [2.05, 4.69) is 6.92 Å². The lowest BCUT2D eigenvalue weighted by Crippen LogP contribution is -2.70. The van der Waals surface area contributed by atoms with Crippen LogP contribution in [0, 0.1) is 0 Å². The maximum Gasteiger partial charge on any atom is 0.460 e. The van der Waals surface area contributed by atoms with Crippen LogP contribution in [0.15, 0.2) is 127 Å². The average Bonchev–Trinajstić information content (AvgIpc) is 0.800. The molecule has 0 radical (unpaired) electrons. The molecule has 0 spiro atoms. The van der Waals surface area contributed by atoms with E-state index in [4.69, 9.17) is 40.0 Å². The van der Waals surface area contributed by atoms with E-state index >= 15 is 0 Å². The van der Waals surface area contributed by atoms with Gasteiger partial charge in [0.2, 0.25) is 0 Å². The Morgan fingerprint density at radius 3 is 1.15 bits per heavy atom. The predicted octanol–water partition coefficient (Wildman–Crippen LogP) is 18.0. The molecule has 6 aromatic carbocycles. The van der Waals surface area contributed by atoms with E-state index in [1.165, 1.54) is 118 Å². The number of esters is 4. The minimum Gasteiger partial charge on any atom is -0.494 e. The Hall–Kier alpha value is -7.56. The second-order valence-electron chi connectivity index (χ2n) is 19.3. The van der Waals surface area contributed by atoms with E-state index in [9.17, 15) is 76.3 Å². The standard InChI is InChI=1S/C60H54ClF13O10/c1-2-3-4-5-6-7-8-9-10-12-35-79-43-24-15-39(16-25-43)51(75)81-45-28-19-41(20-29-45)53(77)83-47-32-14-38-23-33-49(50(61)48(38)37-47)84-54(78)42-21-30-46(31-22-42)82-52(76)40-17-26-44(27-18-40)80-36-13-11-34-55(62,63)56(64,65)57(66,67)58(68,69)59(70,71)60(72,73)74/h14-33,37H,2-13,34-36H2,1H3. The lowest BCUT2D eigenvalue weighted by Gasteiger charge is -2.39. The third kappa shape index (κ3) is 16.2. The molecule has 0 aromatic heterocycles. The van der Waals surface area contributed by atoms with Crippen molar-refractivity contribution in [1.29, 1.82) is 0 Å². The van der Waals surface area contributed by atoms with Gasteiger partial charge in [0.15, 0.2) is 0 Å². The maximum atomic E-state index is 14.1. The highest BCUT2D eigenvalue weighted by molar-refractivity contribution is 6.37. The maximum absolute atomic E-state index is 14.1. The van der Waals surface area contributed by atoms with Crippen molar-refractivity contribution in [3.8, 4) is 34.5 Å². The number of ether oxygens (including phenoxy) is 6. The van der Waals surface area contributed by atoms with Gasteiger partial charge in [-0.05, 0) is 140 Å². The van der Waals surface area contributed by atoms with Gasteiger partial charge in [0.05, 0.1) is 40.5 Å². The van der Waals surface area contributed by atoms with E-state index in [0.717, 1.165) is 37.1 Å². The number of benzene rings is 6. The molecule has 0 bridgehead atoms. The zero-order valence-corrected chi connectivity index (χ0v) is 45.4. The molecular weight excluding hydrogens is 1160 g/mol. The first-order valence-electron chi connectivity index (χ1n) is 26.3. The van der Waals surface area contributed by atoms with Crippen molar-refractivity contribution in [1.82, 2.24) is 0 Å². The number of alkyl halides is 13. The number of carbonyl (C=O) groups is 4. The van der Waals surface area contributed by atoms with Crippen molar-refractivity contribution in [2.75, 3.05) is 13.2 Å². The molecule has 452 valence electrons. The Labute approximate surface area is 478 Å². The van der Waals surface area contributed by atoms with Gasteiger partial charge in [-0.25, -0.2) is 19.2 Å². The van der Waals surface area contributed by atoms with Gasteiger partial charge in [-0.15, -0.1) is 0 Å². The Balaban J connectivity index is 0.926. The molecule has 0 aliphatic carbocycles. The molecule has 0 N–H and O–H groups in total. The SMILES string of the molecule is CCCCCCCCCCCCOc1ccc(C(=O)Oc2ccc(C(=O)Oc3ccc4ccc(OC(=O)c5ccc(OC(=O)c6ccc(OCCCCC(F)(F)C(F)(F)C(F)(F)C(F)(F)C(F)(F)C(F)(F)F)cc6)cc5)c(Cl)c4c3)cc2)cc1. The van der Waals surface area contributed by atoms with Crippen LogP contribution in [0.1, 0.15) is 132 Å². The fraction of sp³-hybridized carbons (Fsp3) is 0.367. The molecule has 0 saturated heterocycles. The third-order valence-electron chi connectivity index (χ3n) is 13.0. The second-order valence-corrected chi connectivity index (χ2v) is 19.6. The van der Waals surface area contributed by atoms with Crippen LogP contribution in [0.4, 0.5) is 57.1 Å². The fourth-order valence-corrected chi connectivity index (χ4v) is 8.38. The number of hydrogen-bond donors (Lipinski definition) is 0. The van der Waals surface area contributed by atoms with Crippen molar-refractivity contribution in [3.05, 3.63) is 155 Å². The molecule has 0 aliphatic heterocycles. The number of fused-ring (bicyclic) bond motifs is 1. The van der Waals surface area contributed by atoms with Crippen molar-refractivity contribution in [2.24, 2.45) is 0 Å². The molecule has 0 aliphatic rings. The molecule has 10 nitrogen and oxygen atoms in total. The zero-order chi connectivity index (χ0) is 61.5. The quantitative estimate of drug-likeness (QED) is 0.0186. The van der Waals surface area contributed by atoms with Crippen LogP contribution >= 0.6 is 11.6 Å². The summed E-state index contributed by atoms with van der Waals surface area (Å²) in [6.07, 6.45) is 0.523. The zero-order valence-electron chi connectivity index (χ0n) is 44.6. The summed E-state index contributed by atoms with van der Waals surface area (Å²) in [5.41, 5.74) is 0.350. The number of carbonyl (C=O) groups excluding carboxylic acids is 4. The van der Waals surface area contributed by atoms with Gasteiger partial charge < -0.3 is 28.4 Å². The van der Waals surface area contributed by atoms with Gasteiger partial charge in [0.25, 0.3) is 0 Å². The van der Waals surface area contributed by atoms with Crippen LogP contribution in [0.5, 0.6) is 34.5 Å². The highest BCUT2D eigenvalue weighted by Gasteiger charge is 2.90. The molecule has 0 fully saturated rings. The van der Waals surface area contributed by atoms with Gasteiger partial charge >= 0.3 is 59.7 Å². The largest absolute Gasteiger partial charge is 0.494 e. The molecular formula is C60H54ClF13O10. The number of rotatable bonds is 30. The van der Waals surface area contributed by atoms with Gasteiger partial charge in [0.1, 0.15) is 34.5 Å². The Bertz CT molecular complexity index is 3170. The van der Waals surface area contributed by atoms with Crippen LogP contribution in [0.3, 0.4) is 0 Å². The van der Waals surface area contributed by atoms with E-state index in [1.54, 1.807) is 36.4 Å². The Morgan fingerprint density at radius 2 is 0.726 bits per heavy atom. The van der Waals surface area contributed by atoms with E-state index in [0.29, 0.717) is 28.7 Å². The van der Waals surface area contributed by atoms with E-state index in [1.807, 2.05) is 0 Å². The molecule has 0 atom stereocenters. The fourth-order valence-electron chi connectivity index (χ4n) is 8.11. The van der Waals surface area contributed by atoms with E-state index < -0.39 is 85.5 Å². The molecule has 6 rings (SSSR count). The number of unbranched alkanes of at least 4 members (excludes halogenated alkanes) is 10. The van der Waals surface area contributed by atoms with Crippen LogP contribution in [0.2, 0.25) is 5.02 Å². The highest BCUT2D eigenvalue weighted by Crippen LogP contribution is 2.61. The first-order chi connectivity index (χ1) is 39.6. The third-order valence-corrected chi connectivity index (χ3v) is 13.4. The first-order valence-corrected chi connectivity index (χ1v) is 26.7. The summed E-state index contributed by atoms with van der Waals surface area (Å²) >= 11 is 6.67. The predicted molar refractivity (Wildman–Crippen MR) is 282 cm³/mol. The van der Waals surface area contributed by atoms with Crippen molar-refractivity contribution < 1.29 is 105 Å². The summed E-state index contributed by atoms with van der Waals surface area (Å²) in [5, 5.41) is 0.949. The minimum atomic E-state index is -7.97. The van der Waals surface area contributed by atoms with Gasteiger partial charge in [-0.3, -0.25) is 0 Å². The molecule has 6 aromatic rings. The van der Waals surface area contributed by atoms with Crippen LogP contribution < -0.4 is 28.4 Å². The molecule has 0 unspecified atom stereocenters. The van der Waals surface area contributed by atoms with Crippen molar-refractivity contribution >= 4 is 46.3 Å². The Morgan fingerprint density at radius 1 is 0.381 bits per heavy atom. The van der Waals surface area contributed by atoms with E-state index in [-0.39, 0.29) is 50.5 Å². The summed E-state index contributed by atoms with van der Waals surface area (Å²) in [5.74, 6) is -39.6. The average molecular weight is 1220 g/mol. The molecule has 0 amide bonds. The van der Waals surface area contributed by atoms with Gasteiger partial charge in [0, 0.05) is 11.8 Å². The highest BCUT2D eigenvalue weighted by atomic mass is 35.5. The summed E-state index contributed by atoms with van der Waals surface area (Å²) in [6.45, 7) is 2.19. The molecule has 0 heterocycles. The smallest absolute Gasteiger partial charge is 0.460 e. The van der Waals surface area contributed by atoms with Gasteiger partial charge in [-0.1, -0.05) is 88.4 Å². The monoisotopic (exact) mass is 1220 g/mol. The summed E-state index contributed by atoms with van der Waals surface area (Å²) in [4.78, 5) is 52.0. The Kier molecular flexibility index (Phi) is 22.1. The second kappa shape index (κ2) is 28.3. The number of hydrogen-bond acceptors (Lipinski definition) is 10. The number of halogens is 14. The summed E-state index contributed by atoms with van der Waals surface area (Å²) in [6, 6.07) is 29.7. The lowest BCUT2D eigenvalue weighted by molar-refractivity contribution is -0.440. The molecule has 84 heavy (non-hydrogen) atoms. The van der Waals surface area contributed by atoms with Crippen LogP contribution in [-0.2, 0) is 0 Å². The van der Waals surface area contributed by atoms with Crippen LogP contribution in [0.25, 0.3) is 10.8 Å². The summed E-state index contributed by atoms with van der Waals surface area (Å²) < 4.78 is 207. The molecule has 0 saturated carbocycles. The molecule has 24 heteroatoms. The first kappa shape index (κ1) is 65.6. The summed E-state index contributed by atoms with van der Waals surface area (Å²) in [7, 11) is 0.